The van der Waals surface area contributed by atoms with E-state index >= 15 is 0 Å². The Hall–Kier alpha value is -2.30. The van der Waals surface area contributed by atoms with E-state index in [9.17, 15) is 79.8 Å². The highest BCUT2D eigenvalue weighted by Crippen LogP contribution is 2.45. The molecule has 2 amide bonds. The topological polar surface area (TPSA) is 85.9 Å². The van der Waals surface area contributed by atoms with Crippen LogP contribution in [0.25, 0.3) is 0 Å². The molecule has 0 aromatic heterocycles. The summed E-state index contributed by atoms with van der Waals surface area (Å²) in [5, 5.41) is 2.17. The van der Waals surface area contributed by atoms with E-state index in [4.69, 9.17) is 0 Å². The predicted molar refractivity (Wildman–Crippen MR) is 80.7 cm³/mol. The summed E-state index contributed by atoms with van der Waals surface area (Å²) in [6, 6.07) is 0. The number of alkyl halides is 16. The first-order valence-corrected chi connectivity index (χ1v) is 8.74. The molecule has 0 spiro atoms. The van der Waals surface area contributed by atoms with E-state index in [2.05, 4.69) is 14.2 Å². The van der Waals surface area contributed by atoms with Gasteiger partial charge in [-0.2, -0.15) is 65.9 Å². The molecule has 220 valence electrons. The third-order valence-electron chi connectivity index (χ3n) is 3.38. The van der Waals surface area contributed by atoms with E-state index < -0.39 is 87.2 Å². The van der Waals surface area contributed by atoms with Crippen LogP contribution >= 0.6 is 0 Å². The van der Waals surface area contributed by atoms with E-state index in [1.807, 2.05) is 0 Å². The number of nitrogens with one attached hydrogen (secondary N) is 2. The van der Waals surface area contributed by atoms with Crippen LogP contribution in [-0.4, -0.2) is 87.2 Å². The number of carbonyl (C=O) groups is 2. The van der Waals surface area contributed by atoms with Crippen LogP contribution in [0.2, 0.25) is 0 Å². The first-order chi connectivity index (χ1) is 16.3. The van der Waals surface area contributed by atoms with Gasteiger partial charge in [-0.3, -0.25) is 14.3 Å². The molecule has 7 nitrogen and oxygen atoms in total. The van der Waals surface area contributed by atoms with E-state index in [0.29, 0.717) is 0 Å². The Bertz CT molecular complexity index is 765. The van der Waals surface area contributed by atoms with Crippen molar-refractivity contribution in [1.29, 1.82) is 0 Å². The average Bonchev–Trinajstić information content (AvgIpc) is 2.66. The van der Waals surface area contributed by atoms with Crippen molar-refractivity contribution in [2.24, 2.45) is 0 Å². The third-order valence-corrected chi connectivity index (χ3v) is 3.38. The van der Waals surface area contributed by atoms with Crippen molar-refractivity contribution in [3.05, 3.63) is 0 Å². The Kier molecular flexibility index (Phi) is 11.3. The van der Waals surface area contributed by atoms with Crippen LogP contribution in [0.1, 0.15) is 0 Å². The van der Waals surface area contributed by atoms with Gasteiger partial charge < -0.3 is 20.1 Å². The van der Waals surface area contributed by atoms with Gasteiger partial charge in [0.2, 0.25) is 6.10 Å². The molecule has 0 aliphatic heterocycles. The molecule has 0 aromatic carbocycles. The second-order valence-corrected chi connectivity index (χ2v) is 6.28. The Morgan fingerprint density at radius 3 is 1.51 bits per heavy atom. The fraction of sp³-hybridized carbons (Fsp3) is 0.857. The normalized spacial score (nSPS) is 17.1. The number of ether oxygens (including phenoxy) is 3. The highest BCUT2D eigenvalue weighted by atomic mass is 19.4. The number of rotatable bonds is 12. The van der Waals surface area contributed by atoms with Gasteiger partial charge in [0, 0.05) is 13.1 Å². The van der Waals surface area contributed by atoms with E-state index in [1.54, 1.807) is 0 Å². The molecule has 0 radical (unpaired) electrons. The van der Waals surface area contributed by atoms with Crippen molar-refractivity contribution in [3.8, 4) is 0 Å². The van der Waals surface area contributed by atoms with E-state index in [-0.39, 0.29) is 0 Å². The highest BCUT2D eigenvalue weighted by Gasteiger charge is 2.73. The Balaban J connectivity index is 4.81. The van der Waals surface area contributed by atoms with Crippen molar-refractivity contribution in [2.45, 2.75) is 49.1 Å². The van der Waals surface area contributed by atoms with Crippen LogP contribution in [0.5, 0.6) is 0 Å². The lowest BCUT2D eigenvalue weighted by Gasteiger charge is -2.30. The predicted octanol–water partition coefficient (Wildman–Crippen LogP) is 3.44. The van der Waals surface area contributed by atoms with Crippen LogP contribution in [0.3, 0.4) is 0 Å². The maximum Gasteiger partial charge on any atom is 0.483 e. The SMILES string of the molecule is O=C(NCCOCCNC(=O)C(F)(OC(F)(F)C(F)(F)F)C(F)(F)F)C(OC(F)C(F)(F)F)C(F)(F)F. The number of hydrogen-bond acceptors (Lipinski definition) is 5. The molecule has 0 saturated carbocycles. The summed E-state index contributed by atoms with van der Waals surface area (Å²) >= 11 is 0. The second-order valence-electron chi connectivity index (χ2n) is 6.28. The summed E-state index contributed by atoms with van der Waals surface area (Å²) in [4.78, 5) is 22.6. The molecule has 0 fully saturated rings. The van der Waals surface area contributed by atoms with Gasteiger partial charge in [-0.05, 0) is 0 Å². The number of amides is 2. The van der Waals surface area contributed by atoms with E-state index in [1.165, 1.54) is 5.32 Å². The monoisotopic (exact) mass is 592 g/mol. The molecule has 0 bridgehead atoms. The van der Waals surface area contributed by atoms with Gasteiger partial charge in [0.1, 0.15) is 0 Å². The fourth-order valence-electron chi connectivity index (χ4n) is 1.74. The second kappa shape index (κ2) is 12.0. The Morgan fingerprint density at radius 1 is 0.676 bits per heavy atom. The van der Waals surface area contributed by atoms with Gasteiger partial charge in [0.15, 0.2) is 0 Å². The first kappa shape index (κ1) is 34.7. The van der Waals surface area contributed by atoms with Crippen LogP contribution in [-0.2, 0) is 23.8 Å². The van der Waals surface area contributed by atoms with Gasteiger partial charge in [-0.15, -0.1) is 0 Å². The number of halogens is 16. The van der Waals surface area contributed by atoms with Crippen LogP contribution in [0.15, 0.2) is 0 Å². The molecule has 0 heterocycles. The molecule has 3 unspecified atom stereocenters. The number of carbonyl (C=O) groups excluding carboxylic acids is 2. The van der Waals surface area contributed by atoms with Gasteiger partial charge in [-0.25, -0.2) is 4.39 Å². The lowest BCUT2D eigenvalue weighted by molar-refractivity contribution is -0.458. The molecular formula is C14H12F16N2O5. The minimum absolute atomic E-state index is 0.888. The van der Waals surface area contributed by atoms with Crippen molar-refractivity contribution in [1.82, 2.24) is 10.6 Å². The molecule has 0 aliphatic rings. The molecule has 37 heavy (non-hydrogen) atoms. The van der Waals surface area contributed by atoms with Crippen molar-refractivity contribution >= 4 is 11.8 Å². The number of hydrogen-bond donors (Lipinski definition) is 2. The molecule has 0 aromatic rings. The van der Waals surface area contributed by atoms with Gasteiger partial charge >= 0.3 is 36.7 Å². The van der Waals surface area contributed by atoms with Crippen molar-refractivity contribution in [3.63, 3.8) is 0 Å². The maximum atomic E-state index is 13.7. The maximum absolute atomic E-state index is 13.7. The summed E-state index contributed by atoms with van der Waals surface area (Å²) in [7, 11) is 0. The van der Waals surface area contributed by atoms with E-state index in [0.717, 1.165) is 5.32 Å². The first-order valence-electron chi connectivity index (χ1n) is 8.74. The zero-order valence-corrected chi connectivity index (χ0v) is 17.1. The summed E-state index contributed by atoms with van der Waals surface area (Å²) in [6.45, 7) is -4.24. The van der Waals surface area contributed by atoms with Gasteiger partial charge in [0.25, 0.3) is 18.2 Å². The minimum Gasteiger partial charge on any atom is -0.378 e. The molecule has 0 aliphatic carbocycles. The highest BCUT2D eigenvalue weighted by molar-refractivity contribution is 5.84. The Morgan fingerprint density at radius 2 is 1.14 bits per heavy atom. The molecule has 3 atom stereocenters. The Labute approximate surface area is 193 Å². The molecule has 23 heteroatoms. The molecule has 0 rings (SSSR count). The lowest BCUT2D eigenvalue weighted by atomic mass is 10.2. The largest absolute Gasteiger partial charge is 0.483 e. The third kappa shape index (κ3) is 10.2. The van der Waals surface area contributed by atoms with Gasteiger partial charge in [0.05, 0.1) is 13.2 Å². The molecule has 2 N–H and O–H groups in total. The van der Waals surface area contributed by atoms with Gasteiger partial charge in [-0.1, -0.05) is 0 Å². The summed E-state index contributed by atoms with van der Waals surface area (Å²) < 4.78 is 209. The average molecular weight is 592 g/mol. The van der Waals surface area contributed by atoms with Crippen LogP contribution < -0.4 is 10.6 Å². The molecular weight excluding hydrogens is 580 g/mol. The smallest absolute Gasteiger partial charge is 0.378 e. The zero-order valence-electron chi connectivity index (χ0n) is 17.1. The quantitative estimate of drug-likeness (QED) is 0.268. The minimum atomic E-state index is -6.86. The fourth-order valence-corrected chi connectivity index (χ4v) is 1.74. The molecule has 0 saturated heterocycles. The van der Waals surface area contributed by atoms with Crippen LogP contribution in [0, 0.1) is 0 Å². The zero-order chi connectivity index (χ0) is 29.7. The van der Waals surface area contributed by atoms with Crippen LogP contribution in [0.4, 0.5) is 70.2 Å². The standard InChI is InChI=1S/C14H12F16N2O5/c15-7(11(20,21)22)36-5(10(17,18)19)6(33)31-1-3-35-4-2-32-8(34)9(16,12(23,24)25)37-14(29,30)13(26,27)28/h5,7H,1-4H2,(H,31,33)(H,32,34). The van der Waals surface area contributed by atoms with Crippen molar-refractivity contribution in [2.75, 3.05) is 26.3 Å². The summed E-state index contributed by atoms with van der Waals surface area (Å²) in [5.74, 6) is -11.7. The van der Waals surface area contributed by atoms with Crippen molar-refractivity contribution < 1.29 is 94.0 Å². The summed E-state index contributed by atoms with van der Waals surface area (Å²) in [5.41, 5.74) is 0. The summed E-state index contributed by atoms with van der Waals surface area (Å²) in [6.07, 6.45) is -40.6. The lowest BCUT2D eigenvalue weighted by Crippen LogP contribution is -2.60.